The van der Waals surface area contributed by atoms with E-state index in [-0.39, 0.29) is 35.3 Å². The van der Waals surface area contributed by atoms with Crippen molar-refractivity contribution in [2.75, 3.05) is 40.3 Å². The molecule has 0 unspecified atom stereocenters. The maximum Gasteiger partial charge on any atom is 0.233 e. The second-order valence-electron chi connectivity index (χ2n) is 7.66. The Morgan fingerprint density at radius 3 is 2.50 bits per heavy atom. The molecule has 0 aromatic heterocycles. The van der Waals surface area contributed by atoms with Crippen molar-refractivity contribution >= 4 is 51.8 Å². The summed E-state index contributed by atoms with van der Waals surface area (Å²) in [6.07, 6.45) is 2.01. The van der Waals surface area contributed by atoms with Crippen LogP contribution in [0.25, 0.3) is 0 Å². The van der Waals surface area contributed by atoms with E-state index in [1.807, 2.05) is 13.1 Å². The van der Waals surface area contributed by atoms with Crippen LogP contribution in [0.15, 0.2) is 33.7 Å². The minimum Gasteiger partial charge on any atom is -0.358 e. The van der Waals surface area contributed by atoms with Crippen LogP contribution in [-0.4, -0.2) is 63.1 Å². The van der Waals surface area contributed by atoms with Crippen molar-refractivity contribution in [3.63, 3.8) is 0 Å². The lowest BCUT2D eigenvalue weighted by molar-refractivity contribution is -0.122. The van der Waals surface area contributed by atoms with Crippen LogP contribution in [0.2, 0.25) is 0 Å². The minimum atomic E-state index is -0.0331. The van der Waals surface area contributed by atoms with Crippen LogP contribution in [0.1, 0.15) is 32.3 Å². The largest absolute Gasteiger partial charge is 0.358 e. The SMILES string of the molecule is CN=C(NCC(C)(C)c1ccccc1Br)NC1CCN(CC(=O)NC)CC1.I. The number of likely N-dealkylation sites (tertiary alicyclic amines) is 1. The molecular formula is C20H33BrIN5O. The first-order valence-corrected chi connectivity index (χ1v) is 10.3. The zero-order chi connectivity index (χ0) is 19.9. The highest BCUT2D eigenvalue weighted by atomic mass is 127. The molecular weight excluding hydrogens is 533 g/mol. The van der Waals surface area contributed by atoms with Gasteiger partial charge in [0.05, 0.1) is 6.54 Å². The number of piperidine rings is 1. The Balaban J connectivity index is 0.00000392. The van der Waals surface area contributed by atoms with Gasteiger partial charge in [-0.25, -0.2) is 0 Å². The second kappa shape index (κ2) is 12.0. The molecule has 0 aliphatic carbocycles. The van der Waals surface area contributed by atoms with Crippen LogP contribution < -0.4 is 16.0 Å². The average molecular weight is 566 g/mol. The Kier molecular flexibility index (Phi) is 10.8. The molecule has 0 atom stereocenters. The summed E-state index contributed by atoms with van der Waals surface area (Å²) in [5.74, 6) is 0.910. The van der Waals surface area contributed by atoms with E-state index >= 15 is 0 Å². The molecule has 0 saturated carbocycles. The highest BCUT2D eigenvalue weighted by molar-refractivity contribution is 14.0. The van der Waals surface area contributed by atoms with E-state index in [1.54, 1.807) is 7.05 Å². The van der Waals surface area contributed by atoms with E-state index in [0.717, 1.165) is 42.9 Å². The Hall–Kier alpha value is -0.870. The van der Waals surface area contributed by atoms with Crippen LogP contribution in [0, 0.1) is 0 Å². The number of benzene rings is 1. The maximum absolute atomic E-state index is 11.5. The van der Waals surface area contributed by atoms with Gasteiger partial charge in [0.1, 0.15) is 0 Å². The molecule has 1 aliphatic heterocycles. The van der Waals surface area contributed by atoms with E-state index < -0.39 is 0 Å². The normalized spacial score (nSPS) is 16.2. The molecule has 1 heterocycles. The molecule has 8 heteroatoms. The molecule has 1 aromatic rings. The summed E-state index contributed by atoms with van der Waals surface area (Å²) < 4.78 is 1.13. The molecule has 0 radical (unpaired) electrons. The van der Waals surface area contributed by atoms with Gasteiger partial charge in [-0.05, 0) is 24.5 Å². The fourth-order valence-corrected chi connectivity index (χ4v) is 4.14. The van der Waals surface area contributed by atoms with E-state index in [9.17, 15) is 4.79 Å². The van der Waals surface area contributed by atoms with Gasteiger partial charge in [-0.3, -0.25) is 14.7 Å². The molecule has 1 amide bonds. The molecule has 1 saturated heterocycles. The van der Waals surface area contributed by atoms with Gasteiger partial charge in [-0.2, -0.15) is 0 Å². The van der Waals surface area contributed by atoms with Gasteiger partial charge in [0.25, 0.3) is 0 Å². The molecule has 1 aliphatic rings. The second-order valence-corrected chi connectivity index (χ2v) is 8.51. The Bertz CT molecular complexity index is 660. The van der Waals surface area contributed by atoms with Gasteiger partial charge in [0.2, 0.25) is 5.91 Å². The van der Waals surface area contributed by atoms with Gasteiger partial charge in [0, 0.05) is 49.7 Å². The van der Waals surface area contributed by atoms with Crippen LogP contribution in [0.3, 0.4) is 0 Å². The Morgan fingerprint density at radius 1 is 1.29 bits per heavy atom. The Morgan fingerprint density at radius 2 is 1.93 bits per heavy atom. The molecule has 0 bridgehead atoms. The number of carbonyl (C=O) groups excluding carboxylic acids is 1. The van der Waals surface area contributed by atoms with Gasteiger partial charge < -0.3 is 16.0 Å². The fourth-order valence-electron chi connectivity index (χ4n) is 3.32. The highest BCUT2D eigenvalue weighted by Crippen LogP contribution is 2.29. The van der Waals surface area contributed by atoms with Crippen molar-refractivity contribution in [1.82, 2.24) is 20.9 Å². The number of hydrogen-bond donors (Lipinski definition) is 3. The first-order valence-electron chi connectivity index (χ1n) is 9.51. The number of rotatable bonds is 6. The molecule has 6 nitrogen and oxygen atoms in total. The predicted octanol–water partition coefficient (Wildman–Crippen LogP) is 2.72. The summed E-state index contributed by atoms with van der Waals surface area (Å²) in [4.78, 5) is 18.1. The number of nitrogens with zero attached hydrogens (tertiary/aromatic N) is 2. The predicted molar refractivity (Wildman–Crippen MR) is 131 cm³/mol. The summed E-state index contributed by atoms with van der Waals surface area (Å²) in [5, 5.41) is 9.69. The third-order valence-corrected chi connectivity index (χ3v) is 5.79. The fraction of sp³-hybridized carbons (Fsp3) is 0.600. The molecule has 2 rings (SSSR count). The third kappa shape index (κ3) is 7.51. The monoisotopic (exact) mass is 565 g/mol. The number of guanidine groups is 1. The number of likely N-dealkylation sites (N-methyl/N-ethyl adjacent to an activating group) is 1. The van der Waals surface area contributed by atoms with Gasteiger partial charge >= 0.3 is 0 Å². The summed E-state index contributed by atoms with van der Waals surface area (Å²) in [6.45, 7) is 7.56. The zero-order valence-corrected chi connectivity index (χ0v) is 21.1. The number of carbonyl (C=O) groups is 1. The maximum atomic E-state index is 11.5. The first-order chi connectivity index (χ1) is 12.9. The summed E-state index contributed by atoms with van der Waals surface area (Å²) in [6, 6.07) is 8.72. The Labute approximate surface area is 194 Å². The third-order valence-electron chi connectivity index (χ3n) is 5.10. The van der Waals surface area contributed by atoms with Gasteiger partial charge in [-0.15, -0.1) is 24.0 Å². The summed E-state index contributed by atoms with van der Waals surface area (Å²) >= 11 is 3.66. The van der Waals surface area contributed by atoms with Gasteiger partial charge in [0.15, 0.2) is 5.96 Å². The van der Waals surface area contributed by atoms with Crippen LogP contribution in [0.4, 0.5) is 0 Å². The summed E-state index contributed by atoms with van der Waals surface area (Å²) in [5.41, 5.74) is 1.24. The van der Waals surface area contributed by atoms with Crippen LogP contribution >= 0.6 is 39.9 Å². The molecule has 158 valence electrons. The first kappa shape index (κ1) is 25.2. The topological polar surface area (TPSA) is 68.8 Å². The van der Waals surface area contributed by atoms with E-state index in [1.165, 1.54) is 5.56 Å². The number of amides is 1. The summed E-state index contributed by atoms with van der Waals surface area (Å²) in [7, 11) is 3.49. The lowest BCUT2D eigenvalue weighted by Crippen LogP contribution is -2.51. The zero-order valence-electron chi connectivity index (χ0n) is 17.2. The number of aliphatic imine (C=N–C) groups is 1. The standard InChI is InChI=1S/C20H32BrN5O.HI/c1-20(2,16-7-5-6-8-17(16)21)14-24-19(23-4)25-15-9-11-26(12-10-15)13-18(27)22-3;/h5-8,15H,9-14H2,1-4H3,(H,22,27)(H2,23,24,25);1H. The van der Waals surface area contributed by atoms with Crippen molar-refractivity contribution in [3.8, 4) is 0 Å². The van der Waals surface area contributed by atoms with Crippen molar-refractivity contribution in [3.05, 3.63) is 34.3 Å². The van der Waals surface area contributed by atoms with Crippen molar-refractivity contribution < 1.29 is 4.79 Å². The molecule has 1 fully saturated rings. The van der Waals surface area contributed by atoms with E-state index in [4.69, 9.17) is 0 Å². The molecule has 3 N–H and O–H groups in total. The van der Waals surface area contributed by atoms with Crippen molar-refractivity contribution in [1.29, 1.82) is 0 Å². The van der Waals surface area contributed by atoms with Crippen molar-refractivity contribution in [2.24, 2.45) is 4.99 Å². The number of hydrogen-bond acceptors (Lipinski definition) is 3. The number of nitrogens with one attached hydrogen (secondary N) is 3. The van der Waals surface area contributed by atoms with Crippen LogP contribution in [0.5, 0.6) is 0 Å². The van der Waals surface area contributed by atoms with E-state index in [0.29, 0.717) is 12.6 Å². The van der Waals surface area contributed by atoms with Gasteiger partial charge in [-0.1, -0.05) is 48.0 Å². The molecule has 0 spiro atoms. The average Bonchev–Trinajstić information content (AvgIpc) is 2.66. The smallest absolute Gasteiger partial charge is 0.233 e. The quantitative estimate of drug-likeness (QED) is 0.282. The minimum absolute atomic E-state index is 0. The number of halogens is 2. The van der Waals surface area contributed by atoms with Crippen molar-refractivity contribution in [2.45, 2.75) is 38.1 Å². The lowest BCUT2D eigenvalue weighted by atomic mass is 9.84. The highest BCUT2D eigenvalue weighted by Gasteiger charge is 2.25. The van der Waals surface area contributed by atoms with Crippen LogP contribution in [-0.2, 0) is 10.2 Å². The van der Waals surface area contributed by atoms with E-state index in [2.05, 4.69) is 73.8 Å². The molecule has 1 aromatic carbocycles. The molecule has 28 heavy (non-hydrogen) atoms. The lowest BCUT2D eigenvalue weighted by Gasteiger charge is -2.33.